The van der Waals surface area contributed by atoms with Crippen molar-refractivity contribution in [3.05, 3.63) is 40.9 Å². The summed E-state index contributed by atoms with van der Waals surface area (Å²) >= 11 is 3.25. The number of aryl methyl sites for hydroxylation is 1. The summed E-state index contributed by atoms with van der Waals surface area (Å²) in [6, 6.07) is 8.39. The van der Waals surface area contributed by atoms with Crippen LogP contribution in [0.2, 0.25) is 0 Å². The summed E-state index contributed by atoms with van der Waals surface area (Å²) in [4.78, 5) is 22.0. The van der Waals surface area contributed by atoms with E-state index in [4.69, 9.17) is 0 Å². The Bertz CT molecular complexity index is 681. The number of thioether (sulfide) groups is 1. The van der Waals surface area contributed by atoms with Gasteiger partial charge in [0.25, 0.3) is 0 Å². The van der Waals surface area contributed by atoms with Gasteiger partial charge < -0.3 is 4.90 Å². The van der Waals surface area contributed by atoms with Crippen LogP contribution in [0.1, 0.15) is 22.7 Å². The van der Waals surface area contributed by atoms with E-state index >= 15 is 0 Å². The van der Waals surface area contributed by atoms with Crippen LogP contribution in [0.3, 0.4) is 0 Å². The largest absolute Gasteiger partial charge is 0.378 e. The first kappa shape index (κ1) is 15.4. The van der Waals surface area contributed by atoms with E-state index in [1.807, 2.05) is 39.0 Å². The van der Waals surface area contributed by atoms with Crippen LogP contribution in [-0.2, 0) is 4.79 Å². The second-order valence-electron chi connectivity index (χ2n) is 5.58. The lowest BCUT2D eigenvalue weighted by Gasteiger charge is -2.22. The highest BCUT2D eigenvalue weighted by Gasteiger charge is 2.40. The van der Waals surface area contributed by atoms with Gasteiger partial charge in [-0.15, -0.1) is 23.1 Å². The monoisotopic (exact) mass is 333 g/mol. The Morgan fingerprint density at radius 1 is 1.23 bits per heavy atom. The molecule has 1 fully saturated rings. The highest BCUT2D eigenvalue weighted by molar-refractivity contribution is 8.01. The third-order valence-electron chi connectivity index (χ3n) is 3.66. The number of amides is 1. The number of thiazole rings is 1. The summed E-state index contributed by atoms with van der Waals surface area (Å²) in [5, 5.41) is 0.757. The summed E-state index contributed by atoms with van der Waals surface area (Å²) in [7, 11) is 4.05. The minimum Gasteiger partial charge on any atom is -0.378 e. The maximum Gasteiger partial charge on any atom is 0.242 e. The summed E-state index contributed by atoms with van der Waals surface area (Å²) in [6.45, 7) is 3.98. The summed E-state index contributed by atoms with van der Waals surface area (Å²) in [5.74, 6) is 0.140. The van der Waals surface area contributed by atoms with Crippen molar-refractivity contribution < 1.29 is 4.79 Å². The third kappa shape index (κ3) is 2.73. The fourth-order valence-corrected chi connectivity index (χ4v) is 4.55. The van der Waals surface area contributed by atoms with Crippen molar-refractivity contribution in [2.45, 2.75) is 24.5 Å². The predicted molar refractivity (Wildman–Crippen MR) is 94.9 cm³/mol. The Balaban J connectivity index is 1.95. The fourth-order valence-electron chi connectivity index (χ4n) is 2.44. The molecule has 1 aliphatic heterocycles. The zero-order chi connectivity index (χ0) is 15.9. The number of anilines is 2. The van der Waals surface area contributed by atoms with E-state index in [9.17, 15) is 4.79 Å². The Morgan fingerprint density at radius 2 is 1.91 bits per heavy atom. The highest BCUT2D eigenvalue weighted by Crippen LogP contribution is 2.46. The Hall–Kier alpha value is -1.53. The molecule has 1 saturated heterocycles. The number of benzene rings is 1. The molecule has 4 nitrogen and oxygen atoms in total. The molecule has 0 bridgehead atoms. The van der Waals surface area contributed by atoms with Crippen molar-refractivity contribution in [1.82, 2.24) is 4.98 Å². The zero-order valence-corrected chi connectivity index (χ0v) is 14.7. The molecule has 1 aliphatic rings. The van der Waals surface area contributed by atoms with Crippen LogP contribution in [0.4, 0.5) is 10.8 Å². The first-order valence-electron chi connectivity index (χ1n) is 7.15. The smallest absolute Gasteiger partial charge is 0.242 e. The molecule has 0 radical (unpaired) electrons. The Kier molecular flexibility index (Phi) is 4.14. The molecular formula is C16H19N3OS2. The Labute approximate surface area is 139 Å². The molecule has 1 amide bonds. The second kappa shape index (κ2) is 5.93. The van der Waals surface area contributed by atoms with Gasteiger partial charge in [-0.25, -0.2) is 4.98 Å². The average Bonchev–Trinajstić information content (AvgIpc) is 3.04. The standard InChI is InChI=1S/C16H19N3OS2/c1-10-9-17-16(21-10)19-14(20)11(2)22-15(19)12-5-7-13(8-6-12)18(3)4/h5-9,11,15H,1-4H3/t11-,15-/m0/s1. The molecule has 3 rings (SSSR count). The number of nitrogens with zero attached hydrogens (tertiary/aromatic N) is 3. The van der Waals surface area contributed by atoms with Gasteiger partial charge >= 0.3 is 0 Å². The maximum atomic E-state index is 12.5. The molecule has 2 aromatic rings. The van der Waals surface area contributed by atoms with Crippen molar-refractivity contribution in [2.75, 3.05) is 23.9 Å². The molecule has 2 atom stereocenters. The van der Waals surface area contributed by atoms with Gasteiger partial charge in [0.15, 0.2) is 5.13 Å². The maximum absolute atomic E-state index is 12.5. The summed E-state index contributed by atoms with van der Waals surface area (Å²) < 4.78 is 0. The van der Waals surface area contributed by atoms with Gasteiger partial charge in [0, 0.05) is 30.9 Å². The van der Waals surface area contributed by atoms with Crippen molar-refractivity contribution >= 4 is 39.8 Å². The minimum absolute atomic E-state index is 0.00395. The van der Waals surface area contributed by atoms with Gasteiger partial charge in [0.05, 0.1) is 5.25 Å². The van der Waals surface area contributed by atoms with Crippen LogP contribution in [0.25, 0.3) is 0 Å². The molecule has 0 saturated carbocycles. The molecule has 22 heavy (non-hydrogen) atoms. The minimum atomic E-state index is -0.0391. The number of carbonyl (C=O) groups is 1. The van der Waals surface area contributed by atoms with E-state index in [1.54, 1.807) is 23.1 Å². The van der Waals surface area contributed by atoms with Crippen molar-refractivity contribution in [3.63, 3.8) is 0 Å². The van der Waals surface area contributed by atoms with Gasteiger partial charge in [0.2, 0.25) is 5.91 Å². The zero-order valence-electron chi connectivity index (χ0n) is 13.1. The highest BCUT2D eigenvalue weighted by atomic mass is 32.2. The first-order chi connectivity index (χ1) is 10.5. The van der Waals surface area contributed by atoms with E-state index in [2.05, 4.69) is 34.1 Å². The number of aromatic nitrogens is 1. The van der Waals surface area contributed by atoms with Crippen LogP contribution >= 0.6 is 23.1 Å². The number of hydrogen-bond acceptors (Lipinski definition) is 5. The summed E-state index contributed by atoms with van der Waals surface area (Å²) in [5.41, 5.74) is 2.30. The van der Waals surface area contributed by atoms with Gasteiger partial charge in [-0.3, -0.25) is 9.69 Å². The molecule has 6 heteroatoms. The van der Waals surface area contributed by atoms with Crippen molar-refractivity contribution in [2.24, 2.45) is 0 Å². The number of carbonyl (C=O) groups excluding carboxylic acids is 1. The van der Waals surface area contributed by atoms with Gasteiger partial charge in [-0.1, -0.05) is 12.1 Å². The van der Waals surface area contributed by atoms with Crippen molar-refractivity contribution in [1.29, 1.82) is 0 Å². The fraction of sp³-hybridized carbons (Fsp3) is 0.375. The number of hydrogen-bond donors (Lipinski definition) is 0. The lowest BCUT2D eigenvalue weighted by molar-refractivity contribution is -0.117. The van der Waals surface area contributed by atoms with Gasteiger partial charge in [-0.2, -0.15) is 0 Å². The van der Waals surface area contributed by atoms with Crippen LogP contribution < -0.4 is 9.80 Å². The predicted octanol–water partition coefficient (Wildman–Crippen LogP) is 3.68. The lowest BCUT2D eigenvalue weighted by atomic mass is 10.2. The third-order valence-corrected chi connectivity index (χ3v) is 5.93. The summed E-state index contributed by atoms with van der Waals surface area (Å²) in [6.07, 6.45) is 1.83. The molecule has 0 aliphatic carbocycles. The molecule has 1 aromatic carbocycles. The Morgan fingerprint density at radius 3 is 2.45 bits per heavy atom. The van der Waals surface area contributed by atoms with Crippen LogP contribution in [-0.4, -0.2) is 30.2 Å². The topological polar surface area (TPSA) is 36.4 Å². The number of rotatable bonds is 3. The average molecular weight is 333 g/mol. The molecule has 0 N–H and O–H groups in total. The van der Waals surface area contributed by atoms with Crippen LogP contribution in [0.5, 0.6) is 0 Å². The van der Waals surface area contributed by atoms with E-state index in [0.29, 0.717) is 0 Å². The van der Waals surface area contributed by atoms with Crippen LogP contribution in [0, 0.1) is 6.92 Å². The quantitative estimate of drug-likeness (QED) is 0.858. The molecule has 0 unspecified atom stereocenters. The molecule has 0 spiro atoms. The lowest BCUT2D eigenvalue weighted by Crippen LogP contribution is -2.29. The first-order valence-corrected chi connectivity index (χ1v) is 8.91. The molecular weight excluding hydrogens is 314 g/mol. The molecule has 116 valence electrons. The van der Waals surface area contributed by atoms with E-state index in [-0.39, 0.29) is 16.5 Å². The molecule has 1 aromatic heterocycles. The van der Waals surface area contributed by atoms with E-state index in [0.717, 1.165) is 21.3 Å². The SMILES string of the molecule is Cc1cnc(N2C(=O)[C@H](C)S[C@H]2c2ccc(N(C)C)cc2)s1. The van der Waals surface area contributed by atoms with Crippen LogP contribution in [0.15, 0.2) is 30.5 Å². The molecule has 2 heterocycles. The van der Waals surface area contributed by atoms with E-state index in [1.165, 1.54) is 0 Å². The van der Waals surface area contributed by atoms with Gasteiger partial charge in [0.1, 0.15) is 5.37 Å². The normalized spacial score (nSPS) is 21.5. The van der Waals surface area contributed by atoms with Gasteiger partial charge in [-0.05, 0) is 31.5 Å². The van der Waals surface area contributed by atoms with E-state index < -0.39 is 0 Å². The second-order valence-corrected chi connectivity index (χ2v) is 8.22. The van der Waals surface area contributed by atoms with Crippen molar-refractivity contribution in [3.8, 4) is 0 Å².